The van der Waals surface area contributed by atoms with Gasteiger partial charge in [0.15, 0.2) is 5.78 Å². The smallest absolute Gasteiger partial charge is 0.158 e. The first-order valence-electron chi connectivity index (χ1n) is 6.00. The van der Waals surface area contributed by atoms with Gasteiger partial charge in [-0.2, -0.15) is 5.10 Å². The van der Waals surface area contributed by atoms with Gasteiger partial charge in [0.05, 0.1) is 28.4 Å². The number of halogens is 1. The number of nitrogens with zero attached hydrogens (tertiary/aromatic N) is 2. The van der Waals surface area contributed by atoms with Crippen LogP contribution in [-0.2, 0) is 24.7 Å². The Hall–Kier alpha value is -0.870. The van der Waals surface area contributed by atoms with Gasteiger partial charge in [0, 0.05) is 7.05 Å². The SMILES string of the molecule is CCc1nn(C)c(CC(=O)C2(N)CCC2)c1Cl. The summed E-state index contributed by atoms with van der Waals surface area (Å²) in [6.07, 6.45) is 3.69. The Morgan fingerprint density at radius 2 is 2.24 bits per heavy atom. The average molecular weight is 256 g/mol. The van der Waals surface area contributed by atoms with Gasteiger partial charge in [-0.05, 0) is 25.7 Å². The van der Waals surface area contributed by atoms with Crippen LogP contribution in [0.1, 0.15) is 37.6 Å². The van der Waals surface area contributed by atoms with Crippen LogP contribution in [0.3, 0.4) is 0 Å². The predicted molar refractivity (Wildman–Crippen MR) is 67.1 cm³/mol. The predicted octanol–water partition coefficient (Wildman–Crippen LogP) is 1.63. The van der Waals surface area contributed by atoms with E-state index >= 15 is 0 Å². The standard InChI is InChI=1S/C12H18ClN3O/c1-3-8-11(13)9(16(2)15-8)7-10(17)12(14)5-4-6-12/h3-7,14H2,1-2H3. The topological polar surface area (TPSA) is 60.9 Å². The summed E-state index contributed by atoms with van der Waals surface area (Å²) in [5.74, 6) is 0.0799. The van der Waals surface area contributed by atoms with E-state index in [0.29, 0.717) is 11.4 Å². The van der Waals surface area contributed by atoms with Crippen LogP contribution in [0.5, 0.6) is 0 Å². The summed E-state index contributed by atoms with van der Waals surface area (Å²) in [6.45, 7) is 2.00. The van der Waals surface area contributed by atoms with E-state index in [-0.39, 0.29) is 5.78 Å². The molecule has 94 valence electrons. The zero-order valence-corrected chi connectivity index (χ0v) is 11.0. The minimum Gasteiger partial charge on any atom is -0.319 e. The van der Waals surface area contributed by atoms with Crippen molar-refractivity contribution in [2.45, 2.75) is 44.6 Å². The van der Waals surface area contributed by atoms with Crippen molar-refractivity contribution in [2.24, 2.45) is 12.8 Å². The number of rotatable bonds is 4. The lowest BCUT2D eigenvalue weighted by Crippen LogP contribution is -2.54. The maximum atomic E-state index is 12.1. The summed E-state index contributed by atoms with van der Waals surface area (Å²) in [4.78, 5) is 12.1. The summed E-state index contributed by atoms with van der Waals surface area (Å²) in [6, 6.07) is 0. The van der Waals surface area contributed by atoms with Crippen LogP contribution in [0, 0.1) is 0 Å². The van der Waals surface area contributed by atoms with Crippen LogP contribution >= 0.6 is 11.6 Å². The maximum Gasteiger partial charge on any atom is 0.158 e. The average Bonchev–Trinajstić information content (AvgIpc) is 2.53. The van der Waals surface area contributed by atoms with Crippen LogP contribution in [-0.4, -0.2) is 21.1 Å². The van der Waals surface area contributed by atoms with Crippen molar-refractivity contribution in [3.8, 4) is 0 Å². The van der Waals surface area contributed by atoms with Crippen molar-refractivity contribution >= 4 is 17.4 Å². The molecular formula is C12H18ClN3O. The normalized spacial score (nSPS) is 17.9. The summed E-state index contributed by atoms with van der Waals surface area (Å²) >= 11 is 6.21. The van der Waals surface area contributed by atoms with E-state index in [1.165, 1.54) is 0 Å². The molecule has 1 fully saturated rings. The molecule has 0 spiro atoms. The Morgan fingerprint density at radius 1 is 1.59 bits per heavy atom. The molecule has 1 aliphatic carbocycles. The minimum atomic E-state index is -0.611. The molecule has 4 nitrogen and oxygen atoms in total. The fraction of sp³-hybridized carbons (Fsp3) is 0.667. The molecule has 1 aromatic heterocycles. The van der Waals surface area contributed by atoms with Crippen molar-refractivity contribution in [2.75, 3.05) is 0 Å². The molecule has 0 saturated heterocycles. The van der Waals surface area contributed by atoms with Crippen molar-refractivity contribution in [3.63, 3.8) is 0 Å². The lowest BCUT2D eigenvalue weighted by atomic mass is 9.73. The molecule has 0 bridgehead atoms. The van der Waals surface area contributed by atoms with Crippen molar-refractivity contribution < 1.29 is 4.79 Å². The van der Waals surface area contributed by atoms with Gasteiger partial charge in [-0.1, -0.05) is 18.5 Å². The van der Waals surface area contributed by atoms with E-state index in [9.17, 15) is 4.79 Å². The van der Waals surface area contributed by atoms with Crippen LogP contribution in [0.15, 0.2) is 0 Å². The number of hydrogen-bond donors (Lipinski definition) is 1. The van der Waals surface area contributed by atoms with Gasteiger partial charge in [-0.3, -0.25) is 9.48 Å². The van der Waals surface area contributed by atoms with Gasteiger partial charge in [0.2, 0.25) is 0 Å². The number of ketones is 1. The second kappa shape index (κ2) is 4.42. The molecule has 0 unspecified atom stereocenters. The Labute approximate surface area is 106 Å². The zero-order valence-electron chi connectivity index (χ0n) is 10.3. The fourth-order valence-corrected chi connectivity index (χ4v) is 2.54. The van der Waals surface area contributed by atoms with E-state index in [0.717, 1.165) is 37.1 Å². The van der Waals surface area contributed by atoms with Gasteiger partial charge >= 0.3 is 0 Å². The molecule has 1 saturated carbocycles. The van der Waals surface area contributed by atoms with Gasteiger partial charge < -0.3 is 5.73 Å². The molecule has 2 N–H and O–H groups in total. The zero-order chi connectivity index (χ0) is 12.6. The number of Topliss-reactive ketones (excluding diaryl/α,β-unsaturated/α-hetero) is 1. The van der Waals surface area contributed by atoms with Gasteiger partial charge in [0.25, 0.3) is 0 Å². The summed E-state index contributed by atoms with van der Waals surface area (Å²) in [5.41, 5.74) is 7.03. The molecule has 17 heavy (non-hydrogen) atoms. The van der Waals surface area contributed by atoms with Gasteiger partial charge in [-0.15, -0.1) is 0 Å². The number of hydrogen-bond acceptors (Lipinski definition) is 3. The molecule has 0 amide bonds. The second-order valence-electron chi connectivity index (χ2n) is 4.79. The third-order valence-corrected chi connectivity index (χ3v) is 4.07. The second-order valence-corrected chi connectivity index (χ2v) is 5.17. The number of aromatic nitrogens is 2. The Kier molecular flexibility index (Phi) is 3.27. The summed E-state index contributed by atoms with van der Waals surface area (Å²) in [5, 5.41) is 4.92. The monoisotopic (exact) mass is 255 g/mol. The molecule has 1 aliphatic rings. The van der Waals surface area contributed by atoms with E-state index in [1.807, 2.05) is 14.0 Å². The molecule has 1 heterocycles. The molecule has 0 radical (unpaired) electrons. The third kappa shape index (κ3) is 2.11. The highest BCUT2D eigenvalue weighted by atomic mass is 35.5. The summed E-state index contributed by atoms with van der Waals surface area (Å²) < 4.78 is 1.70. The molecule has 2 rings (SSSR count). The van der Waals surface area contributed by atoms with Crippen molar-refractivity contribution in [1.82, 2.24) is 9.78 Å². The first-order valence-corrected chi connectivity index (χ1v) is 6.38. The fourth-order valence-electron chi connectivity index (χ4n) is 2.18. The summed E-state index contributed by atoms with van der Waals surface area (Å²) in [7, 11) is 1.82. The molecule has 5 heteroatoms. The van der Waals surface area contributed by atoms with Crippen LogP contribution < -0.4 is 5.73 Å². The minimum absolute atomic E-state index is 0.0799. The lowest BCUT2D eigenvalue weighted by Gasteiger charge is -2.36. The molecule has 0 aromatic carbocycles. The van der Waals surface area contributed by atoms with E-state index in [4.69, 9.17) is 17.3 Å². The quantitative estimate of drug-likeness (QED) is 0.890. The maximum absolute atomic E-state index is 12.1. The lowest BCUT2D eigenvalue weighted by molar-refractivity contribution is -0.126. The Morgan fingerprint density at radius 3 is 2.65 bits per heavy atom. The third-order valence-electron chi connectivity index (χ3n) is 3.63. The highest BCUT2D eigenvalue weighted by Crippen LogP contribution is 2.32. The van der Waals surface area contributed by atoms with Gasteiger partial charge in [0.1, 0.15) is 0 Å². The first-order chi connectivity index (χ1) is 7.98. The number of carbonyl (C=O) groups is 1. The van der Waals surface area contributed by atoms with Crippen molar-refractivity contribution in [1.29, 1.82) is 0 Å². The van der Waals surface area contributed by atoms with E-state index in [1.54, 1.807) is 4.68 Å². The number of aryl methyl sites for hydroxylation is 2. The van der Waals surface area contributed by atoms with E-state index in [2.05, 4.69) is 5.10 Å². The molecule has 1 aromatic rings. The van der Waals surface area contributed by atoms with Crippen molar-refractivity contribution in [3.05, 3.63) is 16.4 Å². The van der Waals surface area contributed by atoms with E-state index < -0.39 is 5.54 Å². The molecule has 0 atom stereocenters. The van der Waals surface area contributed by atoms with Gasteiger partial charge in [-0.25, -0.2) is 0 Å². The highest BCUT2D eigenvalue weighted by molar-refractivity contribution is 6.32. The van der Waals surface area contributed by atoms with Crippen LogP contribution in [0.2, 0.25) is 5.02 Å². The Bertz CT molecular complexity index is 449. The Balaban J connectivity index is 2.18. The largest absolute Gasteiger partial charge is 0.319 e. The molecular weight excluding hydrogens is 238 g/mol. The number of nitrogens with two attached hydrogens (primary N) is 1. The highest BCUT2D eigenvalue weighted by Gasteiger charge is 2.40. The molecule has 0 aliphatic heterocycles. The van der Waals surface area contributed by atoms with Crippen LogP contribution in [0.25, 0.3) is 0 Å². The first kappa shape index (κ1) is 12.6. The number of carbonyl (C=O) groups excluding carboxylic acids is 1. The van der Waals surface area contributed by atoms with Crippen LogP contribution in [0.4, 0.5) is 0 Å².